The number of allylic oxidation sites excluding steroid dienone is 14. The monoisotopic (exact) mass is 919 g/mol. The first-order valence-corrected chi connectivity index (χ1v) is 27.6. The molecule has 0 aromatic carbocycles. The van der Waals surface area contributed by atoms with Crippen molar-refractivity contribution in [1.82, 2.24) is 0 Å². The van der Waals surface area contributed by atoms with Crippen LogP contribution in [0.25, 0.3) is 0 Å². The maximum atomic E-state index is 12.8. The maximum Gasteiger partial charge on any atom is 0.306 e. The van der Waals surface area contributed by atoms with Gasteiger partial charge in [-0.2, -0.15) is 0 Å². The first-order chi connectivity index (χ1) is 32.5. The molecule has 0 rings (SSSR count). The molecule has 0 N–H and O–H groups in total. The van der Waals surface area contributed by atoms with Crippen molar-refractivity contribution in [1.29, 1.82) is 0 Å². The van der Waals surface area contributed by atoms with Crippen LogP contribution in [0.15, 0.2) is 85.1 Å². The summed E-state index contributed by atoms with van der Waals surface area (Å²) in [6.45, 7) is 6.48. The van der Waals surface area contributed by atoms with Crippen LogP contribution in [0.3, 0.4) is 0 Å². The van der Waals surface area contributed by atoms with E-state index in [4.69, 9.17) is 14.2 Å². The van der Waals surface area contributed by atoms with Crippen molar-refractivity contribution in [2.75, 3.05) is 13.2 Å². The molecule has 0 aliphatic heterocycles. The molecule has 0 radical (unpaired) electrons. The van der Waals surface area contributed by atoms with Crippen LogP contribution in [-0.2, 0) is 28.6 Å². The summed E-state index contributed by atoms with van der Waals surface area (Å²) >= 11 is 0. The normalized spacial score (nSPS) is 12.7. The van der Waals surface area contributed by atoms with Crippen LogP contribution < -0.4 is 0 Å². The van der Waals surface area contributed by atoms with Gasteiger partial charge in [-0.25, -0.2) is 0 Å². The van der Waals surface area contributed by atoms with Crippen LogP contribution >= 0.6 is 0 Å². The Bertz CT molecular complexity index is 1290. The number of esters is 3. The SMILES string of the molecule is CC/C=C\C/C=C\C/C=C\C/C=C\C/C=C\C/C=C\C/C=C\CCCC(=O)OCC(COC(=O)CCCCCCCCCCCCCC)OC(=O)CCCCCCCCCCCCCCC. The minimum atomic E-state index is -0.796. The van der Waals surface area contributed by atoms with E-state index < -0.39 is 6.10 Å². The molecule has 66 heavy (non-hydrogen) atoms. The van der Waals surface area contributed by atoms with Crippen LogP contribution in [-0.4, -0.2) is 37.2 Å². The highest BCUT2D eigenvalue weighted by atomic mass is 16.6. The second kappa shape index (κ2) is 54.2. The van der Waals surface area contributed by atoms with E-state index >= 15 is 0 Å². The zero-order valence-electron chi connectivity index (χ0n) is 43.2. The lowest BCUT2D eigenvalue weighted by Crippen LogP contribution is -2.30. The zero-order valence-corrected chi connectivity index (χ0v) is 43.2. The second-order valence-corrected chi connectivity index (χ2v) is 18.1. The quantitative estimate of drug-likeness (QED) is 0.0262. The van der Waals surface area contributed by atoms with E-state index in [9.17, 15) is 14.4 Å². The van der Waals surface area contributed by atoms with Crippen molar-refractivity contribution in [2.24, 2.45) is 0 Å². The van der Waals surface area contributed by atoms with Gasteiger partial charge in [0.05, 0.1) is 0 Å². The topological polar surface area (TPSA) is 78.9 Å². The Morgan fingerprint density at radius 3 is 0.924 bits per heavy atom. The molecule has 378 valence electrons. The van der Waals surface area contributed by atoms with Gasteiger partial charge < -0.3 is 14.2 Å². The Kier molecular flexibility index (Phi) is 51.4. The highest BCUT2D eigenvalue weighted by molar-refractivity contribution is 5.71. The van der Waals surface area contributed by atoms with Gasteiger partial charge in [-0.15, -0.1) is 0 Å². The Labute approximate surface area is 407 Å². The van der Waals surface area contributed by atoms with Crippen molar-refractivity contribution in [2.45, 2.75) is 264 Å². The van der Waals surface area contributed by atoms with Gasteiger partial charge >= 0.3 is 17.9 Å². The van der Waals surface area contributed by atoms with Gasteiger partial charge in [0.15, 0.2) is 6.10 Å². The second-order valence-electron chi connectivity index (χ2n) is 18.1. The summed E-state index contributed by atoms with van der Waals surface area (Å²) in [7, 11) is 0. The number of carbonyl (C=O) groups excluding carboxylic acids is 3. The maximum absolute atomic E-state index is 12.8. The predicted molar refractivity (Wildman–Crippen MR) is 284 cm³/mol. The summed E-state index contributed by atoms with van der Waals surface area (Å²) in [5.74, 6) is -0.948. The molecule has 6 heteroatoms. The van der Waals surface area contributed by atoms with Crippen molar-refractivity contribution >= 4 is 17.9 Å². The van der Waals surface area contributed by atoms with Crippen LogP contribution in [0.2, 0.25) is 0 Å². The highest BCUT2D eigenvalue weighted by Crippen LogP contribution is 2.15. The summed E-state index contributed by atoms with van der Waals surface area (Å²) in [5.41, 5.74) is 0. The predicted octanol–water partition coefficient (Wildman–Crippen LogP) is 18.4. The number of hydrogen-bond donors (Lipinski definition) is 0. The van der Waals surface area contributed by atoms with Crippen molar-refractivity contribution in [3.05, 3.63) is 85.1 Å². The Morgan fingerprint density at radius 1 is 0.318 bits per heavy atom. The fraction of sp³-hybridized carbons (Fsp3) is 0.717. The number of rotatable bonds is 49. The molecule has 0 fully saturated rings. The van der Waals surface area contributed by atoms with Gasteiger partial charge in [0, 0.05) is 19.3 Å². The van der Waals surface area contributed by atoms with Gasteiger partial charge in [-0.3, -0.25) is 14.4 Å². The molecule has 6 nitrogen and oxygen atoms in total. The Morgan fingerprint density at radius 2 is 0.591 bits per heavy atom. The molecule has 1 unspecified atom stereocenters. The summed E-state index contributed by atoms with van der Waals surface area (Å²) in [4.78, 5) is 38.0. The molecule has 0 spiro atoms. The van der Waals surface area contributed by atoms with Crippen molar-refractivity contribution in [3.63, 3.8) is 0 Å². The van der Waals surface area contributed by atoms with Crippen molar-refractivity contribution in [3.8, 4) is 0 Å². The van der Waals surface area contributed by atoms with E-state index in [1.165, 1.54) is 122 Å². The number of hydrogen-bond acceptors (Lipinski definition) is 6. The molecule has 0 saturated heterocycles. The lowest BCUT2D eigenvalue weighted by Gasteiger charge is -2.18. The number of carbonyl (C=O) groups is 3. The van der Waals surface area contributed by atoms with Gasteiger partial charge in [0.2, 0.25) is 0 Å². The third-order valence-corrected chi connectivity index (χ3v) is 11.7. The van der Waals surface area contributed by atoms with Gasteiger partial charge in [0.1, 0.15) is 13.2 Å². The minimum absolute atomic E-state index is 0.0912. The summed E-state index contributed by atoms with van der Waals surface area (Å²) in [5, 5.41) is 0. The lowest BCUT2D eigenvalue weighted by atomic mass is 10.0. The largest absolute Gasteiger partial charge is 0.462 e. The number of ether oxygens (including phenoxy) is 3. The molecule has 0 saturated carbocycles. The van der Waals surface area contributed by atoms with E-state index in [1.807, 2.05) is 0 Å². The average Bonchev–Trinajstić information content (AvgIpc) is 3.31. The van der Waals surface area contributed by atoms with E-state index in [1.54, 1.807) is 0 Å². The molecular weight excluding hydrogens is 817 g/mol. The summed E-state index contributed by atoms with van der Waals surface area (Å²) in [6.07, 6.45) is 70.0. The molecule has 0 aliphatic rings. The van der Waals surface area contributed by atoms with Crippen LogP contribution in [0.4, 0.5) is 0 Å². The highest BCUT2D eigenvalue weighted by Gasteiger charge is 2.19. The first-order valence-electron chi connectivity index (χ1n) is 27.6. The van der Waals surface area contributed by atoms with Crippen LogP contribution in [0.5, 0.6) is 0 Å². The molecule has 1 atom stereocenters. The van der Waals surface area contributed by atoms with Gasteiger partial charge in [-0.1, -0.05) is 254 Å². The average molecular weight is 919 g/mol. The fourth-order valence-electron chi connectivity index (χ4n) is 7.55. The molecule has 0 amide bonds. The van der Waals surface area contributed by atoms with Crippen LogP contribution in [0.1, 0.15) is 258 Å². The molecule has 0 aliphatic carbocycles. The Balaban J connectivity index is 4.42. The molecule has 0 heterocycles. The minimum Gasteiger partial charge on any atom is -0.462 e. The lowest BCUT2D eigenvalue weighted by molar-refractivity contribution is -0.167. The molecular formula is C60H102O6. The van der Waals surface area contributed by atoms with E-state index in [-0.39, 0.29) is 37.5 Å². The van der Waals surface area contributed by atoms with E-state index in [2.05, 4.69) is 106 Å². The van der Waals surface area contributed by atoms with E-state index in [0.717, 1.165) is 89.9 Å². The van der Waals surface area contributed by atoms with Crippen LogP contribution in [0, 0.1) is 0 Å². The van der Waals surface area contributed by atoms with Gasteiger partial charge in [-0.05, 0) is 70.6 Å². The smallest absolute Gasteiger partial charge is 0.306 e. The summed E-state index contributed by atoms with van der Waals surface area (Å²) in [6, 6.07) is 0. The molecule has 0 bridgehead atoms. The van der Waals surface area contributed by atoms with E-state index in [0.29, 0.717) is 19.3 Å². The molecule has 0 aromatic rings. The fourth-order valence-corrected chi connectivity index (χ4v) is 7.55. The Hall–Kier alpha value is -3.41. The number of unbranched alkanes of at least 4 members (excludes halogenated alkanes) is 24. The third kappa shape index (κ3) is 51.6. The first kappa shape index (κ1) is 62.6. The summed E-state index contributed by atoms with van der Waals surface area (Å²) < 4.78 is 16.8. The standard InChI is InChI=1S/C60H102O6/c1-4-7-10-13-16-19-22-25-26-27-28-29-30-31-32-33-34-36-38-41-44-47-50-53-59(62)65-56-57(55-64-58(61)52-49-46-43-40-37-24-21-18-15-12-9-6-3)66-60(63)54-51-48-45-42-39-35-23-20-17-14-11-8-5-2/h7,10,16,19,25-26,28-29,31-32,34,36,41,44,57H,4-6,8-9,11-15,17-18,20-24,27,30,33,35,37-40,42-43,45-56H2,1-3H3/b10-7-,19-16-,26-25-,29-28-,32-31-,36-34-,44-41-. The molecule has 0 aromatic heterocycles. The third-order valence-electron chi connectivity index (χ3n) is 11.7. The zero-order chi connectivity index (χ0) is 47.9. The van der Waals surface area contributed by atoms with Crippen molar-refractivity contribution < 1.29 is 28.6 Å². The van der Waals surface area contributed by atoms with Gasteiger partial charge in [0.25, 0.3) is 0 Å².